The van der Waals surface area contributed by atoms with Crippen LogP contribution in [-0.4, -0.2) is 26.7 Å². The molecule has 0 unspecified atom stereocenters. The monoisotopic (exact) mass is 272 g/mol. The number of anilines is 1. The largest absolute Gasteiger partial charge is 0.371 e. The Morgan fingerprint density at radius 3 is 2.90 bits per heavy atom. The number of benzene rings is 1. The molecule has 0 amide bonds. The van der Waals surface area contributed by atoms with Crippen molar-refractivity contribution in [3.63, 3.8) is 0 Å². The molecule has 1 N–H and O–H groups in total. The normalized spacial score (nSPS) is 18.8. The fraction of sp³-hybridized carbons (Fsp3) is 0.667. The third-order valence-electron chi connectivity index (χ3n) is 5.05. The second-order valence-corrected chi connectivity index (χ2v) is 6.47. The van der Waals surface area contributed by atoms with Gasteiger partial charge in [-0.1, -0.05) is 25.0 Å². The summed E-state index contributed by atoms with van der Waals surface area (Å²) in [6, 6.07) is 6.95. The van der Waals surface area contributed by atoms with Crippen LogP contribution in [0.5, 0.6) is 0 Å². The van der Waals surface area contributed by atoms with Crippen molar-refractivity contribution in [3.8, 4) is 0 Å². The topological polar surface area (TPSA) is 15.3 Å². The van der Waals surface area contributed by atoms with Crippen molar-refractivity contribution in [1.29, 1.82) is 0 Å². The van der Waals surface area contributed by atoms with Crippen molar-refractivity contribution in [2.75, 3.05) is 31.6 Å². The van der Waals surface area contributed by atoms with Gasteiger partial charge in [0, 0.05) is 18.8 Å². The first-order valence-corrected chi connectivity index (χ1v) is 8.39. The van der Waals surface area contributed by atoms with Gasteiger partial charge < -0.3 is 10.2 Å². The van der Waals surface area contributed by atoms with Crippen LogP contribution in [0.4, 0.5) is 5.69 Å². The average molecular weight is 272 g/mol. The molecule has 1 aromatic rings. The van der Waals surface area contributed by atoms with Gasteiger partial charge in [-0.15, -0.1) is 0 Å². The third-order valence-corrected chi connectivity index (χ3v) is 5.05. The van der Waals surface area contributed by atoms with Gasteiger partial charge in [-0.25, -0.2) is 0 Å². The molecule has 0 spiro atoms. The minimum absolute atomic E-state index is 0.953. The van der Waals surface area contributed by atoms with Gasteiger partial charge in [-0.2, -0.15) is 0 Å². The standard InChI is InChI=1S/C18H28N2/c1-19-12-5-9-16-8-4-10-18-17(16)11-13-20(18)14-15-6-2-3-7-15/h4,8,10,15,19H,2-3,5-7,9,11-14H2,1H3. The summed E-state index contributed by atoms with van der Waals surface area (Å²) < 4.78 is 0. The molecular formula is C18H28N2. The molecule has 1 fully saturated rings. The predicted molar refractivity (Wildman–Crippen MR) is 86.6 cm³/mol. The smallest absolute Gasteiger partial charge is 0.0402 e. The van der Waals surface area contributed by atoms with Gasteiger partial charge in [0.2, 0.25) is 0 Å². The van der Waals surface area contributed by atoms with Gasteiger partial charge in [-0.3, -0.25) is 0 Å². The Bertz CT molecular complexity index is 435. The molecule has 20 heavy (non-hydrogen) atoms. The van der Waals surface area contributed by atoms with Crippen LogP contribution in [0.3, 0.4) is 0 Å². The molecular weight excluding hydrogens is 244 g/mol. The maximum absolute atomic E-state index is 3.25. The lowest BCUT2D eigenvalue weighted by Gasteiger charge is -2.23. The van der Waals surface area contributed by atoms with Crippen LogP contribution >= 0.6 is 0 Å². The lowest BCUT2D eigenvalue weighted by atomic mass is 10.0. The molecule has 1 saturated carbocycles. The van der Waals surface area contributed by atoms with Gasteiger partial charge in [-0.05, 0) is 68.8 Å². The van der Waals surface area contributed by atoms with Crippen LogP contribution in [0, 0.1) is 5.92 Å². The molecule has 1 heterocycles. The van der Waals surface area contributed by atoms with E-state index < -0.39 is 0 Å². The van der Waals surface area contributed by atoms with Crippen molar-refractivity contribution in [2.24, 2.45) is 5.92 Å². The fourth-order valence-corrected chi connectivity index (χ4v) is 3.96. The van der Waals surface area contributed by atoms with Crippen LogP contribution in [0.25, 0.3) is 0 Å². The molecule has 0 radical (unpaired) electrons. The molecule has 2 heteroatoms. The summed E-state index contributed by atoms with van der Waals surface area (Å²) in [5.74, 6) is 0.953. The Kier molecular flexibility index (Phi) is 4.62. The molecule has 2 aliphatic rings. The van der Waals surface area contributed by atoms with Crippen LogP contribution in [0.15, 0.2) is 18.2 Å². The van der Waals surface area contributed by atoms with Crippen LogP contribution < -0.4 is 10.2 Å². The summed E-state index contributed by atoms with van der Waals surface area (Å²) in [5.41, 5.74) is 4.77. The summed E-state index contributed by atoms with van der Waals surface area (Å²) in [5, 5.41) is 3.25. The van der Waals surface area contributed by atoms with Gasteiger partial charge >= 0.3 is 0 Å². The first-order valence-electron chi connectivity index (χ1n) is 8.39. The quantitative estimate of drug-likeness (QED) is 0.799. The number of aryl methyl sites for hydroxylation is 1. The van der Waals surface area contributed by atoms with Crippen molar-refractivity contribution >= 4 is 5.69 Å². The van der Waals surface area contributed by atoms with Gasteiger partial charge in [0.15, 0.2) is 0 Å². The van der Waals surface area contributed by atoms with Gasteiger partial charge in [0.25, 0.3) is 0 Å². The zero-order valence-electron chi connectivity index (χ0n) is 12.8. The zero-order valence-corrected chi connectivity index (χ0v) is 12.8. The van der Waals surface area contributed by atoms with E-state index in [1.54, 1.807) is 16.8 Å². The van der Waals surface area contributed by atoms with Crippen LogP contribution in [0.2, 0.25) is 0 Å². The average Bonchev–Trinajstić information content (AvgIpc) is 3.11. The number of nitrogens with one attached hydrogen (secondary N) is 1. The fourth-order valence-electron chi connectivity index (χ4n) is 3.96. The van der Waals surface area contributed by atoms with Crippen molar-refractivity contribution in [1.82, 2.24) is 5.32 Å². The Morgan fingerprint density at radius 1 is 1.25 bits per heavy atom. The highest BCUT2D eigenvalue weighted by molar-refractivity contribution is 5.61. The molecule has 3 rings (SSSR count). The molecule has 110 valence electrons. The summed E-state index contributed by atoms with van der Waals surface area (Å²) in [4.78, 5) is 2.66. The van der Waals surface area contributed by atoms with E-state index in [1.807, 2.05) is 7.05 Å². The number of hydrogen-bond donors (Lipinski definition) is 1. The third kappa shape index (κ3) is 3.01. The van der Waals surface area contributed by atoms with E-state index in [0.717, 1.165) is 12.5 Å². The molecule has 1 aromatic carbocycles. The van der Waals surface area contributed by atoms with Crippen molar-refractivity contribution in [2.45, 2.75) is 44.9 Å². The molecule has 0 atom stereocenters. The lowest BCUT2D eigenvalue weighted by Crippen LogP contribution is -2.26. The minimum atomic E-state index is 0.953. The number of rotatable bonds is 6. The maximum Gasteiger partial charge on any atom is 0.0402 e. The molecule has 2 nitrogen and oxygen atoms in total. The van der Waals surface area contributed by atoms with E-state index >= 15 is 0 Å². The first kappa shape index (κ1) is 13.9. The van der Waals surface area contributed by atoms with E-state index in [1.165, 1.54) is 58.0 Å². The van der Waals surface area contributed by atoms with Crippen LogP contribution in [0.1, 0.15) is 43.2 Å². The highest BCUT2D eigenvalue weighted by Crippen LogP contribution is 2.34. The SMILES string of the molecule is CNCCCc1cccc2c1CCN2CC1CCCC1. The van der Waals surface area contributed by atoms with Gasteiger partial charge in [0.1, 0.15) is 0 Å². The van der Waals surface area contributed by atoms with E-state index in [4.69, 9.17) is 0 Å². The highest BCUT2D eigenvalue weighted by atomic mass is 15.1. The number of hydrogen-bond acceptors (Lipinski definition) is 2. The molecule has 0 aromatic heterocycles. The van der Waals surface area contributed by atoms with E-state index in [2.05, 4.69) is 28.4 Å². The maximum atomic E-state index is 3.25. The summed E-state index contributed by atoms with van der Waals surface area (Å²) in [6.45, 7) is 3.66. The van der Waals surface area contributed by atoms with Crippen molar-refractivity contribution in [3.05, 3.63) is 29.3 Å². The minimum Gasteiger partial charge on any atom is -0.371 e. The van der Waals surface area contributed by atoms with E-state index in [9.17, 15) is 0 Å². The lowest BCUT2D eigenvalue weighted by molar-refractivity contribution is 0.538. The Morgan fingerprint density at radius 2 is 2.10 bits per heavy atom. The molecule has 1 aliphatic carbocycles. The predicted octanol–water partition coefficient (Wildman–Crippen LogP) is 3.39. The zero-order chi connectivity index (χ0) is 13.8. The second kappa shape index (κ2) is 6.62. The number of nitrogens with zero attached hydrogens (tertiary/aromatic N) is 1. The van der Waals surface area contributed by atoms with Crippen molar-refractivity contribution < 1.29 is 0 Å². The Hall–Kier alpha value is -1.02. The molecule has 1 aliphatic heterocycles. The highest BCUT2D eigenvalue weighted by Gasteiger charge is 2.25. The van der Waals surface area contributed by atoms with E-state index in [-0.39, 0.29) is 0 Å². The first-order chi connectivity index (χ1) is 9.88. The molecule has 0 saturated heterocycles. The second-order valence-electron chi connectivity index (χ2n) is 6.47. The van der Waals surface area contributed by atoms with Gasteiger partial charge in [0.05, 0.1) is 0 Å². The molecule has 0 bridgehead atoms. The van der Waals surface area contributed by atoms with Crippen LogP contribution in [-0.2, 0) is 12.8 Å². The Balaban J connectivity index is 1.67. The number of fused-ring (bicyclic) bond motifs is 1. The summed E-state index contributed by atoms with van der Waals surface area (Å²) >= 11 is 0. The summed E-state index contributed by atoms with van der Waals surface area (Å²) in [7, 11) is 2.04. The van der Waals surface area contributed by atoms with E-state index in [0.29, 0.717) is 0 Å². The Labute approximate surface area is 123 Å². The summed E-state index contributed by atoms with van der Waals surface area (Å²) in [6.07, 6.45) is 9.54.